The van der Waals surface area contributed by atoms with Crippen LogP contribution >= 0.6 is 0 Å². The summed E-state index contributed by atoms with van der Waals surface area (Å²) in [5, 5.41) is 0. The van der Waals surface area contributed by atoms with Crippen molar-refractivity contribution in [1.82, 2.24) is 4.90 Å². The molecule has 0 bridgehead atoms. The second-order valence-electron chi connectivity index (χ2n) is 6.87. The van der Waals surface area contributed by atoms with Crippen LogP contribution in [0.15, 0.2) is 0 Å². The molecule has 1 amide bonds. The first-order chi connectivity index (χ1) is 14.3. The monoisotopic (exact) mass is 437 g/mol. The minimum Gasteiger partial charge on any atom is -0.465 e. The third-order valence-corrected chi connectivity index (χ3v) is 5.35. The van der Waals surface area contributed by atoms with E-state index in [1.165, 1.54) is 54.7 Å². The van der Waals surface area contributed by atoms with Gasteiger partial charge in [0.1, 0.15) is 24.9 Å². The maximum absolute atomic E-state index is 12.6. The number of rotatable bonds is 12. The molecular weight excluding hydrogens is 402 g/mol. The molecule has 0 saturated carbocycles. The van der Waals surface area contributed by atoms with Crippen LogP contribution in [0.4, 0.5) is 0 Å². The Balaban J connectivity index is 3.50. The molecule has 1 saturated heterocycles. The highest BCUT2D eigenvalue weighted by Gasteiger charge is 2.58. The second-order valence-corrected chi connectivity index (χ2v) is 6.87. The van der Waals surface area contributed by atoms with E-state index in [9.17, 15) is 9.59 Å². The summed E-state index contributed by atoms with van der Waals surface area (Å²) >= 11 is 0. The van der Waals surface area contributed by atoms with E-state index in [2.05, 4.69) is 0 Å². The van der Waals surface area contributed by atoms with Crippen molar-refractivity contribution in [3.8, 4) is 0 Å². The molecule has 0 N–H and O–H groups in total. The Morgan fingerprint density at radius 1 is 1.07 bits per heavy atom. The first kappa shape index (κ1) is 26.7. The number of carbonyl (C=O) groups excluding carboxylic acids is 2. The average molecular weight is 437 g/mol. The first-order valence-corrected chi connectivity index (χ1v) is 9.43. The summed E-state index contributed by atoms with van der Waals surface area (Å²) in [5.41, 5.74) is 0. The molecule has 0 radical (unpaired) electrons. The highest BCUT2D eigenvalue weighted by Crippen LogP contribution is 2.37. The standard InChI is InChI=1S/C19H35NO10/c1-20(14(21)11-24-3)15-12(25-4)9-19(29-8,18(22)28-7)30-17(15)16(27-6)13(26-5)10-23-2/h12-13,15-17H,9-11H2,1-8H3/t12-,13-,15+,16-,17+,19?/m0/s1. The molecule has 176 valence electrons. The van der Waals surface area contributed by atoms with Crippen molar-refractivity contribution in [3.63, 3.8) is 0 Å². The van der Waals surface area contributed by atoms with Gasteiger partial charge in [-0.1, -0.05) is 0 Å². The van der Waals surface area contributed by atoms with Crippen molar-refractivity contribution >= 4 is 11.9 Å². The van der Waals surface area contributed by atoms with Crippen molar-refractivity contribution in [2.24, 2.45) is 0 Å². The number of nitrogens with zero attached hydrogens (tertiary/aromatic N) is 1. The van der Waals surface area contributed by atoms with Gasteiger partial charge in [0.15, 0.2) is 0 Å². The van der Waals surface area contributed by atoms with E-state index in [4.69, 9.17) is 37.9 Å². The van der Waals surface area contributed by atoms with Crippen LogP contribution in [-0.2, 0) is 47.5 Å². The molecule has 30 heavy (non-hydrogen) atoms. The SMILES string of the molecule is COCC(=O)N(C)[C@H]1[C@H]([C@@H](OC)[C@H](COC)OC)OC(OC)(C(=O)OC)C[C@@H]1OC. The van der Waals surface area contributed by atoms with Crippen LogP contribution in [0, 0.1) is 0 Å². The molecule has 11 heteroatoms. The van der Waals surface area contributed by atoms with Gasteiger partial charge in [0, 0.05) is 56.1 Å². The zero-order valence-electron chi connectivity index (χ0n) is 19.0. The van der Waals surface area contributed by atoms with Crippen molar-refractivity contribution in [1.29, 1.82) is 0 Å². The summed E-state index contributed by atoms with van der Waals surface area (Å²) in [6.45, 7) is 0.0547. The minimum absolute atomic E-state index is 0.00317. The summed E-state index contributed by atoms with van der Waals surface area (Å²) in [4.78, 5) is 26.7. The summed E-state index contributed by atoms with van der Waals surface area (Å²) in [7, 11) is 11.6. The average Bonchev–Trinajstić information content (AvgIpc) is 2.77. The third kappa shape index (κ3) is 5.67. The van der Waals surface area contributed by atoms with Crippen LogP contribution in [0.2, 0.25) is 0 Å². The summed E-state index contributed by atoms with van der Waals surface area (Å²) in [6.07, 6.45) is -2.85. The molecule has 1 unspecified atom stereocenters. The molecule has 0 aliphatic carbocycles. The van der Waals surface area contributed by atoms with Crippen LogP contribution < -0.4 is 0 Å². The van der Waals surface area contributed by atoms with E-state index in [1.54, 1.807) is 7.05 Å². The Morgan fingerprint density at radius 3 is 2.17 bits per heavy atom. The topological polar surface area (TPSA) is 111 Å². The van der Waals surface area contributed by atoms with Crippen LogP contribution in [0.3, 0.4) is 0 Å². The largest absolute Gasteiger partial charge is 0.465 e. The zero-order valence-corrected chi connectivity index (χ0v) is 19.0. The maximum Gasteiger partial charge on any atom is 0.366 e. The Labute approximate surface area is 177 Å². The van der Waals surface area contributed by atoms with Crippen LogP contribution in [0.25, 0.3) is 0 Å². The Hall–Kier alpha value is -1.34. The highest BCUT2D eigenvalue weighted by atomic mass is 16.7. The number of ether oxygens (including phenoxy) is 8. The summed E-state index contributed by atoms with van der Waals surface area (Å²) in [6, 6.07) is -0.648. The van der Waals surface area contributed by atoms with Crippen LogP contribution in [-0.4, -0.2) is 123 Å². The zero-order chi connectivity index (χ0) is 22.9. The summed E-state index contributed by atoms with van der Waals surface area (Å²) in [5.74, 6) is -2.77. The van der Waals surface area contributed by atoms with Crippen molar-refractivity contribution in [3.05, 3.63) is 0 Å². The van der Waals surface area contributed by atoms with E-state index in [0.717, 1.165) is 0 Å². The van der Waals surface area contributed by atoms with Crippen LogP contribution in [0.5, 0.6) is 0 Å². The van der Waals surface area contributed by atoms with Crippen molar-refractivity contribution in [2.75, 3.05) is 70.0 Å². The van der Waals surface area contributed by atoms with Gasteiger partial charge in [-0.15, -0.1) is 0 Å². The van der Waals surface area contributed by atoms with E-state index >= 15 is 0 Å². The molecule has 1 fully saturated rings. The molecule has 0 aromatic carbocycles. The van der Waals surface area contributed by atoms with Crippen molar-refractivity contribution in [2.45, 2.75) is 42.7 Å². The van der Waals surface area contributed by atoms with Gasteiger partial charge in [0.25, 0.3) is 5.79 Å². The lowest BCUT2D eigenvalue weighted by atomic mass is 9.87. The fraction of sp³-hybridized carbons (Fsp3) is 0.895. The molecule has 11 nitrogen and oxygen atoms in total. The molecule has 0 aromatic heterocycles. The van der Waals surface area contributed by atoms with Gasteiger partial charge in [-0.3, -0.25) is 4.79 Å². The molecule has 1 heterocycles. The van der Waals surface area contributed by atoms with Crippen molar-refractivity contribution < 1.29 is 47.5 Å². The number of amides is 1. The summed E-state index contributed by atoms with van der Waals surface area (Å²) < 4.78 is 43.7. The van der Waals surface area contributed by atoms with E-state index in [-0.39, 0.29) is 25.5 Å². The van der Waals surface area contributed by atoms with Crippen LogP contribution in [0.1, 0.15) is 6.42 Å². The number of carbonyl (C=O) groups is 2. The van der Waals surface area contributed by atoms with Gasteiger partial charge < -0.3 is 42.8 Å². The molecule has 1 aliphatic rings. The first-order valence-electron chi connectivity index (χ1n) is 9.43. The van der Waals surface area contributed by atoms with E-state index in [1.807, 2.05) is 0 Å². The number of methoxy groups -OCH3 is 7. The maximum atomic E-state index is 12.6. The number of hydrogen-bond donors (Lipinski definition) is 0. The molecule has 0 spiro atoms. The smallest absolute Gasteiger partial charge is 0.366 e. The fourth-order valence-electron chi connectivity index (χ4n) is 3.74. The lowest BCUT2D eigenvalue weighted by Crippen LogP contribution is -2.69. The highest BCUT2D eigenvalue weighted by molar-refractivity contribution is 5.79. The lowest BCUT2D eigenvalue weighted by molar-refractivity contribution is -0.316. The third-order valence-electron chi connectivity index (χ3n) is 5.35. The normalized spacial score (nSPS) is 28.6. The van der Waals surface area contributed by atoms with Gasteiger partial charge in [-0.05, 0) is 0 Å². The van der Waals surface area contributed by atoms with Gasteiger partial charge in [0.2, 0.25) is 5.91 Å². The number of hydrogen-bond acceptors (Lipinski definition) is 10. The second kappa shape index (κ2) is 12.5. The number of likely N-dealkylation sites (N-methyl/N-ethyl adjacent to an activating group) is 1. The van der Waals surface area contributed by atoms with E-state index in [0.29, 0.717) is 0 Å². The Bertz CT molecular complexity index is 547. The number of esters is 1. The van der Waals surface area contributed by atoms with Gasteiger partial charge >= 0.3 is 5.97 Å². The fourth-order valence-corrected chi connectivity index (χ4v) is 3.74. The quantitative estimate of drug-likeness (QED) is 0.369. The lowest BCUT2D eigenvalue weighted by Gasteiger charge is -2.50. The predicted octanol–water partition coefficient (Wildman–Crippen LogP) is -0.544. The van der Waals surface area contributed by atoms with Gasteiger partial charge in [-0.25, -0.2) is 4.79 Å². The molecule has 1 aliphatic heterocycles. The predicted molar refractivity (Wildman–Crippen MR) is 104 cm³/mol. The van der Waals surface area contributed by atoms with Gasteiger partial charge in [0.05, 0.1) is 25.9 Å². The Morgan fingerprint density at radius 2 is 1.73 bits per heavy atom. The minimum atomic E-state index is -1.75. The van der Waals surface area contributed by atoms with E-state index < -0.39 is 42.2 Å². The van der Waals surface area contributed by atoms with Gasteiger partial charge in [-0.2, -0.15) is 0 Å². The molecule has 6 atom stereocenters. The molecular formula is C19H35NO10. The molecule has 1 rings (SSSR count). The Kier molecular flexibility index (Phi) is 11.1. The molecule has 0 aromatic rings.